The second-order valence-electron chi connectivity index (χ2n) is 4.93. The van der Waals surface area contributed by atoms with Crippen LogP contribution in [0.3, 0.4) is 0 Å². The van der Waals surface area contributed by atoms with E-state index in [0.29, 0.717) is 22.5 Å². The van der Waals surface area contributed by atoms with Gasteiger partial charge in [0.2, 0.25) is 0 Å². The maximum Gasteiger partial charge on any atom is 0.167 e. The highest BCUT2D eigenvalue weighted by Gasteiger charge is 2.19. The summed E-state index contributed by atoms with van der Waals surface area (Å²) in [6.45, 7) is 0. The van der Waals surface area contributed by atoms with Crippen molar-refractivity contribution in [3.05, 3.63) is 60.2 Å². The van der Waals surface area contributed by atoms with Crippen LogP contribution in [0.1, 0.15) is 5.56 Å². The van der Waals surface area contributed by atoms with E-state index in [2.05, 4.69) is 16.0 Å². The molecule has 0 amide bonds. The average Bonchev–Trinajstić information content (AvgIpc) is 2.84. The monoisotopic (exact) mass is 285 g/mol. The molecule has 5 nitrogen and oxygen atoms in total. The van der Waals surface area contributed by atoms with Crippen molar-refractivity contribution in [2.75, 3.05) is 5.73 Å². The van der Waals surface area contributed by atoms with Crippen LogP contribution in [0, 0.1) is 11.3 Å². The number of fused-ring (bicyclic) bond motifs is 2. The fourth-order valence-electron chi connectivity index (χ4n) is 2.61. The first-order valence-corrected chi connectivity index (χ1v) is 6.82. The molecule has 104 valence electrons. The standard InChI is InChI=1S/C17H11N5/c18-10-12-15-17(21-14-9-5-4-8-13(14)20-15)22(16(12)19)11-6-2-1-3-7-11/h1-9H,19H2. The predicted octanol–water partition coefficient (Wildman–Crippen LogP) is 3.03. The summed E-state index contributed by atoms with van der Waals surface area (Å²) in [6.07, 6.45) is 0. The lowest BCUT2D eigenvalue weighted by Crippen LogP contribution is -2.01. The molecule has 2 heterocycles. The summed E-state index contributed by atoms with van der Waals surface area (Å²) in [6, 6.07) is 19.3. The third-order valence-electron chi connectivity index (χ3n) is 3.62. The topological polar surface area (TPSA) is 80.5 Å². The van der Waals surface area contributed by atoms with Gasteiger partial charge in [-0.2, -0.15) is 5.26 Å². The van der Waals surface area contributed by atoms with Gasteiger partial charge in [-0.05, 0) is 24.3 Å². The molecule has 22 heavy (non-hydrogen) atoms. The second-order valence-corrected chi connectivity index (χ2v) is 4.93. The van der Waals surface area contributed by atoms with Crippen molar-refractivity contribution in [1.82, 2.24) is 14.5 Å². The summed E-state index contributed by atoms with van der Waals surface area (Å²) in [5.74, 6) is 0.360. The van der Waals surface area contributed by atoms with Crippen molar-refractivity contribution in [2.24, 2.45) is 0 Å². The summed E-state index contributed by atoms with van der Waals surface area (Å²) < 4.78 is 1.77. The lowest BCUT2D eigenvalue weighted by molar-refractivity contribution is 1.11. The number of nitrogens with two attached hydrogens (primary N) is 1. The van der Waals surface area contributed by atoms with Crippen molar-refractivity contribution in [2.45, 2.75) is 0 Å². The maximum absolute atomic E-state index is 9.44. The fraction of sp³-hybridized carbons (Fsp3) is 0. The van der Waals surface area contributed by atoms with E-state index in [9.17, 15) is 5.26 Å². The quantitative estimate of drug-likeness (QED) is 0.583. The number of para-hydroxylation sites is 3. The number of rotatable bonds is 1. The minimum absolute atomic E-state index is 0.358. The van der Waals surface area contributed by atoms with Crippen LogP contribution >= 0.6 is 0 Å². The van der Waals surface area contributed by atoms with E-state index in [4.69, 9.17) is 5.73 Å². The number of nitrogen functional groups attached to an aromatic ring is 1. The van der Waals surface area contributed by atoms with Crippen molar-refractivity contribution < 1.29 is 0 Å². The molecule has 2 aromatic heterocycles. The molecule has 4 rings (SSSR count). The normalized spacial score (nSPS) is 10.9. The van der Waals surface area contributed by atoms with Gasteiger partial charge in [0.25, 0.3) is 0 Å². The Bertz CT molecular complexity index is 1040. The molecule has 4 aromatic rings. The largest absolute Gasteiger partial charge is 0.384 e. The summed E-state index contributed by atoms with van der Waals surface area (Å²) in [7, 11) is 0. The number of anilines is 1. The molecule has 0 unspecified atom stereocenters. The highest BCUT2D eigenvalue weighted by atomic mass is 15.1. The molecular formula is C17H11N5. The molecule has 0 saturated carbocycles. The van der Waals surface area contributed by atoms with Crippen LogP contribution in [0.5, 0.6) is 0 Å². The maximum atomic E-state index is 9.44. The Hall–Kier alpha value is -3.39. The molecule has 5 heteroatoms. The first-order chi connectivity index (χ1) is 10.8. The zero-order chi connectivity index (χ0) is 15.1. The van der Waals surface area contributed by atoms with Crippen LogP contribution < -0.4 is 5.73 Å². The van der Waals surface area contributed by atoms with Gasteiger partial charge in [0.15, 0.2) is 5.65 Å². The Kier molecular flexibility index (Phi) is 2.57. The molecule has 0 saturated heterocycles. The zero-order valence-electron chi connectivity index (χ0n) is 11.6. The van der Waals surface area contributed by atoms with Gasteiger partial charge in [0.1, 0.15) is 23.0 Å². The smallest absolute Gasteiger partial charge is 0.167 e. The molecule has 0 aliphatic carbocycles. The van der Waals surface area contributed by atoms with Gasteiger partial charge in [-0.3, -0.25) is 4.57 Å². The number of aromatic nitrogens is 3. The number of hydrogen-bond donors (Lipinski definition) is 1. The number of nitriles is 1. The lowest BCUT2D eigenvalue weighted by atomic mass is 10.2. The zero-order valence-corrected chi connectivity index (χ0v) is 11.6. The molecule has 2 aromatic carbocycles. The van der Waals surface area contributed by atoms with Gasteiger partial charge in [0, 0.05) is 5.69 Å². The summed E-state index contributed by atoms with van der Waals surface area (Å²) in [5.41, 5.74) is 10.0. The van der Waals surface area contributed by atoms with Gasteiger partial charge >= 0.3 is 0 Å². The van der Waals surface area contributed by atoms with E-state index in [-0.39, 0.29) is 0 Å². The molecule has 0 aliphatic heterocycles. The van der Waals surface area contributed by atoms with Gasteiger partial charge in [-0.15, -0.1) is 0 Å². The highest BCUT2D eigenvalue weighted by molar-refractivity contribution is 5.93. The summed E-state index contributed by atoms with van der Waals surface area (Å²) >= 11 is 0. The van der Waals surface area contributed by atoms with Gasteiger partial charge < -0.3 is 5.73 Å². The average molecular weight is 285 g/mol. The van der Waals surface area contributed by atoms with Crippen LogP contribution in [-0.2, 0) is 0 Å². The Labute approximate surface area is 126 Å². The number of hydrogen-bond acceptors (Lipinski definition) is 4. The van der Waals surface area contributed by atoms with Crippen LogP contribution in [-0.4, -0.2) is 14.5 Å². The van der Waals surface area contributed by atoms with E-state index < -0.39 is 0 Å². The molecule has 0 aliphatic rings. The van der Waals surface area contributed by atoms with E-state index in [0.717, 1.165) is 16.7 Å². The van der Waals surface area contributed by atoms with Crippen molar-refractivity contribution >= 4 is 28.0 Å². The molecule has 0 spiro atoms. The lowest BCUT2D eigenvalue weighted by Gasteiger charge is -2.06. The van der Waals surface area contributed by atoms with Crippen LogP contribution in [0.2, 0.25) is 0 Å². The molecule has 2 N–H and O–H groups in total. The van der Waals surface area contributed by atoms with E-state index >= 15 is 0 Å². The van der Waals surface area contributed by atoms with Gasteiger partial charge in [-0.25, -0.2) is 9.97 Å². The third-order valence-corrected chi connectivity index (χ3v) is 3.62. The van der Waals surface area contributed by atoms with Crippen LogP contribution in [0.4, 0.5) is 5.82 Å². The third kappa shape index (κ3) is 1.64. The number of benzene rings is 2. The molecular weight excluding hydrogens is 274 g/mol. The Morgan fingerprint density at radius 1 is 0.909 bits per heavy atom. The first-order valence-electron chi connectivity index (χ1n) is 6.82. The van der Waals surface area contributed by atoms with Crippen LogP contribution in [0.15, 0.2) is 54.6 Å². The van der Waals surface area contributed by atoms with Gasteiger partial charge in [-0.1, -0.05) is 30.3 Å². The minimum Gasteiger partial charge on any atom is -0.384 e. The summed E-state index contributed by atoms with van der Waals surface area (Å²) in [4.78, 5) is 9.22. The molecule has 0 bridgehead atoms. The minimum atomic E-state index is 0.358. The summed E-state index contributed by atoms with van der Waals surface area (Å²) in [5, 5.41) is 9.44. The SMILES string of the molecule is N#Cc1c(N)n(-c2ccccc2)c2nc3ccccc3nc12. The predicted molar refractivity (Wildman–Crippen MR) is 85.5 cm³/mol. The van der Waals surface area contributed by atoms with Crippen molar-refractivity contribution in [3.8, 4) is 11.8 Å². The Balaban J connectivity index is 2.19. The van der Waals surface area contributed by atoms with Crippen LogP contribution in [0.25, 0.3) is 27.9 Å². The Morgan fingerprint density at radius 2 is 1.55 bits per heavy atom. The van der Waals surface area contributed by atoms with Crippen molar-refractivity contribution in [1.29, 1.82) is 5.26 Å². The highest BCUT2D eigenvalue weighted by Crippen LogP contribution is 2.29. The van der Waals surface area contributed by atoms with E-state index in [1.165, 1.54) is 0 Å². The van der Waals surface area contributed by atoms with Crippen molar-refractivity contribution in [3.63, 3.8) is 0 Å². The first kappa shape index (κ1) is 12.4. The Morgan fingerprint density at radius 3 is 2.23 bits per heavy atom. The second kappa shape index (κ2) is 4.57. The van der Waals surface area contributed by atoms with Gasteiger partial charge in [0.05, 0.1) is 11.0 Å². The molecule has 0 radical (unpaired) electrons. The molecule has 0 fully saturated rings. The van der Waals surface area contributed by atoms with E-state index in [1.54, 1.807) is 4.57 Å². The van der Waals surface area contributed by atoms with E-state index in [1.807, 2.05) is 54.6 Å². The number of nitrogens with zero attached hydrogens (tertiary/aromatic N) is 4. The fourth-order valence-corrected chi connectivity index (χ4v) is 2.61. The molecule has 0 atom stereocenters.